The van der Waals surface area contributed by atoms with Gasteiger partial charge in [-0.25, -0.2) is 15.0 Å². The Morgan fingerprint density at radius 2 is 1.25 bits per heavy atom. The fourth-order valence-electron chi connectivity index (χ4n) is 4.60. The van der Waals surface area contributed by atoms with Crippen LogP contribution in [0.3, 0.4) is 0 Å². The molecule has 0 spiro atoms. The van der Waals surface area contributed by atoms with Crippen LogP contribution in [0.15, 0.2) is 108 Å². The summed E-state index contributed by atoms with van der Waals surface area (Å²) in [4.78, 5) is 16.1. The van der Waals surface area contributed by atoms with Crippen molar-refractivity contribution in [2.45, 2.75) is 22.5 Å². The first kappa shape index (κ1) is 19.2. The van der Waals surface area contributed by atoms with Crippen LogP contribution in [0, 0.1) is 0 Å². The molecular formula is C28H21N3S. The molecule has 1 aliphatic carbocycles. The number of nitrogens with zero attached hydrogens (tertiary/aromatic N) is 3. The van der Waals surface area contributed by atoms with E-state index in [0.29, 0.717) is 11.6 Å². The molecule has 4 heteroatoms. The smallest absolute Gasteiger partial charge is 0.164 e. The van der Waals surface area contributed by atoms with Crippen LogP contribution in [0.4, 0.5) is 0 Å². The molecule has 0 amide bonds. The topological polar surface area (TPSA) is 38.7 Å². The van der Waals surface area contributed by atoms with Crippen molar-refractivity contribution in [1.29, 1.82) is 0 Å². The fraction of sp³-hybridized carbons (Fsp3) is 0.107. The number of aromatic nitrogens is 3. The third-order valence-electron chi connectivity index (χ3n) is 6.10. The van der Waals surface area contributed by atoms with Gasteiger partial charge in [-0.2, -0.15) is 0 Å². The zero-order valence-electron chi connectivity index (χ0n) is 17.6. The largest absolute Gasteiger partial charge is 0.208 e. The van der Waals surface area contributed by atoms with Crippen molar-refractivity contribution in [3.05, 3.63) is 115 Å². The van der Waals surface area contributed by atoms with Crippen molar-refractivity contribution in [3.8, 4) is 22.8 Å². The highest BCUT2D eigenvalue weighted by Gasteiger charge is 2.45. The number of rotatable bonds is 3. The Balaban J connectivity index is 1.55. The Bertz CT molecular complexity index is 1300. The zero-order valence-corrected chi connectivity index (χ0v) is 18.5. The Labute approximate surface area is 192 Å². The summed E-state index contributed by atoms with van der Waals surface area (Å²) in [5.41, 5.74) is 4.47. The lowest BCUT2D eigenvalue weighted by molar-refractivity contribution is 0.710. The van der Waals surface area contributed by atoms with Crippen LogP contribution >= 0.6 is 11.8 Å². The van der Waals surface area contributed by atoms with Crippen molar-refractivity contribution >= 4 is 17.3 Å². The minimum atomic E-state index is -0.0553. The number of allylic oxidation sites excluding steroid dienone is 3. The summed E-state index contributed by atoms with van der Waals surface area (Å²) in [6, 6.07) is 29.0. The Morgan fingerprint density at radius 3 is 1.91 bits per heavy atom. The summed E-state index contributed by atoms with van der Waals surface area (Å²) >= 11 is 1.92. The highest BCUT2D eigenvalue weighted by atomic mass is 32.2. The molecule has 1 aromatic heterocycles. The molecule has 2 unspecified atom stereocenters. The number of fused-ring (bicyclic) bond motifs is 3. The highest BCUT2D eigenvalue weighted by molar-refractivity contribution is 8.01. The average molecular weight is 432 g/mol. The van der Waals surface area contributed by atoms with Gasteiger partial charge in [0.15, 0.2) is 17.5 Å². The van der Waals surface area contributed by atoms with Crippen LogP contribution in [0.5, 0.6) is 0 Å². The van der Waals surface area contributed by atoms with Crippen molar-refractivity contribution in [1.82, 2.24) is 15.0 Å². The fourth-order valence-corrected chi connectivity index (χ4v) is 6.05. The molecule has 3 nitrogen and oxygen atoms in total. The van der Waals surface area contributed by atoms with E-state index in [4.69, 9.17) is 15.0 Å². The van der Waals surface area contributed by atoms with E-state index in [0.717, 1.165) is 22.5 Å². The third-order valence-corrected chi connectivity index (χ3v) is 7.51. The molecule has 154 valence electrons. The van der Waals surface area contributed by atoms with Gasteiger partial charge in [0.2, 0.25) is 0 Å². The number of benzene rings is 3. The molecule has 0 bridgehead atoms. The molecule has 0 N–H and O–H groups in total. The highest BCUT2D eigenvalue weighted by Crippen LogP contribution is 2.59. The molecule has 2 aliphatic rings. The van der Waals surface area contributed by atoms with Crippen molar-refractivity contribution in [2.24, 2.45) is 0 Å². The van der Waals surface area contributed by atoms with Crippen LogP contribution in [0.1, 0.15) is 24.2 Å². The summed E-state index contributed by atoms with van der Waals surface area (Å²) in [6.07, 6.45) is 6.63. The average Bonchev–Trinajstić information content (AvgIpc) is 3.17. The molecular weight excluding hydrogens is 410 g/mol. The Hall–Kier alpha value is -3.50. The van der Waals surface area contributed by atoms with Crippen molar-refractivity contribution in [2.75, 3.05) is 0 Å². The molecule has 2 heterocycles. The maximum atomic E-state index is 4.98. The lowest BCUT2D eigenvalue weighted by atomic mass is 9.78. The predicted molar refractivity (Wildman–Crippen MR) is 131 cm³/mol. The lowest BCUT2D eigenvalue weighted by Crippen LogP contribution is -2.26. The van der Waals surface area contributed by atoms with Crippen LogP contribution in [0.25, 0.3) is 28.3 Å². The van der Waals surface area contributed by atoms with Gasteiger partial charge in [0, 0.05) is 32.3 Å². The van der Waals surface area contributed by atoms with Gasteiger partial charge in [0.25, 0.3) is 0 Å². The van der Waals surface area contributed by atoms with Crippen LogP contribution in [-0.2, 0) is 0 Å². The minimum Gasteiger partial charge on any atom is -0.208 e. The van der Waals surface area contributed by atoms with Gasteiger partial charge >= 0.3 is 0 Å². The minimum absolute atomic E-state index is 0.0553. The van der Waals surface area contributed by atoms with E-state index >= 15 is 0 Å². The molecule has 0 saturated heterocycles. The summed E-state index contributed by atoms with van der Waals surface area (Å²) < 4.78 is -0.0553. The molecule has 6 rings (SSSR count). The maximum Gasteiger partial charge on any atom is 0.164 e. The first-order chi connectivity index (χ1) is 15.7. The maximum absolute atomic E-state index is 4.98. The van der Waals surface area contributed by atoms with Gasteiger partial charge in [0.05, 0.1) is 0 Å². The van der Waals surface area contributed by atoms with Gasteiger partial charge in [-0.05, 0) is 18.6 Å². The second kappa shape index (κ2) is 7.57. The van der Waals surface area contributed by atoms with Gasteiger partial charge in [-0.1, -0.05) is 97.1 Å². The summed E-state index contributed by atoms with van der Waals surface area (Å²) in [7, 11) is 0. The molecule has 4 aromatic rings. The van der Waals surface area contributed by atoms with E-state index in [1.807, 2.05) is 72.4 Å². The van der Waals surface area contributed by atoms with E-state index in [1.54, 1.807) is 0 Å². The summed E-state index contributed by atoms with van der Waals surface area (Å²) in [6.45, 7) is 2.31. The summed E-state index contributed by atoms with van der Waals surface area (Å²) in [5, 5.41) is 0. The number of thioether (sulfide) groups is 1. The zero-order chi connectivity index (χ0) is 21.5. The van der Waals surface area contributed by atoms with Gasteiger partial charge in [0.1, 0.15) is 0 Å². The van der Waals surface area contributed by atoms with Gasteiger partial charge in [-0.15, -0.1) is 11.8 Å². The number of hydrogen-bond donors (Lipinski definition) is 0. The summed E-state index contributed by atoms with van der Waals surface area (Å²) in [5.74, 6) is 2.34. The molecule has 1 aliphatic heterocycles. The second-order valence-electron chi connectivity index (χ2n) is 8.28. The predicted octanol–water partition coefficient (Wildman–Crippen LogP) is 6.81. The Kier molecular flexibility index (Phi) is 4.54. The van der Waals surface area contributed by atoms with Crippen molar-refractivity contribution < 1.29 is 0 Å². The molecule has 32 heavy (non-hydrogen) atoms. The third kappa shape index (κ3) is 3.19. The van der Waals surface area contributed by atoms with E-state index in [2.05, 4.69) is 49.4 Å². The molecule has 0 radical (unpaired) electrons. The lowest BCUT2D eigenvalue weighted by Gasteiger charge is -2.32. The normalized spacial score (nSPS) is 21.0. The second-order valence-corrected chi connectivity index (χ2v) is 9.80. The van der Waals surface area contributed by atoms with Crippen LogP contribution < -0.4 is 0 Å². The first-order valence-corrected chi connectivity index (χ1v) is 11.6. The van der Waals surface area contributed by atoms with Crippen LogP contribution in [0.2, 0.25) is 0 Å². The monoisotopic (exact) mass is 431 g/mol. The number of hydrogen-bond acceptors (Lipinski definition) is 4. The Morgan fingerprint density at radius 1 is 0.688 bits per heavy atom. The molecule has 0 saturated carbocycles. The van der Waals surface area contributed by atoms with E-state index < -0.39 is 0 Å². The van der Waals surface area contributed by atoms with Gasteiger partial charge < -0.3 is 0 Å². The first-order valence-electron chi connectivity index (χ1n) is 10.8. The van der Waals surface area contributed by atoms with E-state index in [1.165, 1.54) is 10.5 Å². The van der Waals surface area contributed by atoms with Gasteiger partial charge in [-0.3, -0.25) is 0 Å². The molecule has 3 aromatic carbocycles. The SMILES string of the molecule is CC12C=CC=C(c3nc(-c4ccccc4)nc(-c4ccccc4)n3)C1c1ccccc1S2. The quantitative estimate of drug-likeness (QED) is 0.357. The van der Waals surface area contributed by atoms with Crippen molar-refractivity contribution in [3.63, 3.8) is 0 Å². The van der Waals surface area contributed by atoms with Crippen LogP contribution in [-0.4, -0.2) is 19.7 Å². The van der Waals surface area contributed by atoms with E-state index in [9.17, 15) is 0 Å². The standard InChI is InChI=1S/C28H21N3S/c1-28-18-10-16-22(24(28)21-15-8-9-17-23(21)32-28)27-30-25(19-11-4-2-5-12-19)29-26(31-27)20-13-6-3-7-14-20/h2-18,24H,1H3. The van der Waals surface area contributed by atoms with E-state index in [-0.39, 0.29) is 10.7 Å². The molecule has 2 atom stereocenters. The molecule has 0 fully saturated rings.